The van der Waals surface area contributed by atoms with Crippen molar-refractivity contribution in [1.82, 2.24) is 0 Å². The van der Waals surface area contributed by atoms with Gasteiger partial charge in [-0.3, -0.25) is 4.79 Å². The quantitative estimate of drug-likeness (QED) is 0.892. The van der Waals surface area contributed by atoms with Gasteiger partial charge in [0.05, 0.1) is 26.9 Å². The van der Waals surface area contributed by atoms with Gasteiger partial charge in [-0.15, -0.1) is 0 Å². The van der Waals surface area contributed by atoms with Crippen LogP contribution in [0.4, 0.5) is 10.1 Å². The third kappa shape index (κ3) is 3.32. The lowest BCUT2D eigenvalue weighted by Crippen LogP contribution is -2.14. The smallest absolute Gasteiger partial charge is 0.337 e. The molecular weight excluding hydrogens is 320 g/mol. The highest BCUT2D eigenvalue weighted by molar-refractivity contribution is 6.38. The van der Waals surface area contributed by atoms with Crippen molar-refractivity contribution in [2.45, 2.75) is 0 Å². The third-order valence-corrected chi connectivity index (χ3v) is 3.28. The molecule has 2 aromatic rings. The van der Waals surface area contributed by atoms with E-state index in [1.165, 1.54) is 24.3 Å². The van der Waals surface area contributed by atoms with E-state index in [9.17, 15) is 14.0 Å². The van der Waals surface area contributed by atoms with E-state index in [2.05, 4.69) is 5.32 Å². The average Bonchev–Trinajstić information content (AvgIpc) is 2.41. The number of rotatable bonds is 3. The second-order valence-corrected chi connectivity index (χ2v) is 4.87. The molecule has 21 heavy (non-hydrogen) atoms. The van der Waals surface area contributed by atoms with Gasteiger partial charge in [0.25, 0.3) is 5.91 Å². The molecule has 0 aliphatic carbocycles. The maximum absolute atomic E-state index is 13.5. The van der Waals surface area contributed by atoms with Crippen LogP contribution in [0.1, 0.15) is 20.7 Å². The SMILES string of the molecule is O=C(Nc1cc(C(=O)O)c(Cl)cc1Cl)c1ccccc1F. The summed E-state index contributed by atoms with van der Waals surface area (Å²) in [6.45, 7) is 0. The number of amides is 1. The lowest BCUT2D eigenvalue weighted by atomic mass is 10.1. The molecule has 0 unspecified atom stereocenters. The average molecular weight is 328 g/mol. The van der Waals surface area contributed by atoms with Gasteiger partial charge in [0.2, 0.25) is 0 Å². The molecule has 0 aliphatic rings. The Labute approximate surface area is 129 Å². The molecule has 0 saturated carbocycles. The Morgan fingerprint density at radius 1 is 1.05 bits per heavy atom. The molecule has 4 nitrogen and oxygen atoms in total. The van der Waals surface area contributed by atoms with Crippen molar-refractivity contribution in [3.8, 4) is 0 Å². The Bertz CT molecular complexity index is 734. The van der Waals surface area contributed by atoms with Gasteiger partial charge in [-0.25, -0.2) is 9.18 Å². The number of aromatic carboxylic acids is 1. The Kier molecular flexibility index (Phi) is 4.45. The molecule has 2 N–H and O–H groups in total. The van der Waals surface area contributed by atoms with Crippen molar-refractivity contribution in [3.05, 3.63) is 63.4 Å². The topological polar surface area (TPSA) is 66.4 Å². The molecule has 7 heteroatoms. The zero-order valence-electron chi connectivity index (χ0n) is 10.4. The van der Waals surface area contributed by atoms with Crippen molar-refractivity contribution in [2.75, 3.05) is 5.32 Å². The fourth-order valence-corrected chi connectivity index (χ4v) is 2.15. The monoisotopic (exact) mass is 327 g/mol. The van der Waals surface area contributed by atoms with Crippen molar-refractivity contribution in [2.24, 2.45) is 0 Å². The summed E-state index contributed by atoms with van der Waals surface area (Å²) < 4.78 is 13.5. The fourth-order valence-electron chi connectivity index (χ4n) is 1.64. The molecule has 0 aliphatic heterocycles. The summed E-state index contributed by atoms with van der Waals surface area (Å²) >= 11 is 11.6. The van der Waals surface area contributed by atoms with Crippen molar-refractivity contribution < 1.29 is 19.1 Å². The molecule has 1 amide bonds. The van der Waals surface area contributed by atoms with Crippen LogP contribution in [0.15, 0.2) is 36.4 Å². The van der Waals surface area contributed by atoms with Gasteiger partial charge in [0, 0.05) is 0 Å². The summed E-state index contributed by atoms with van der Waals surface area (Å²) in [5.74, 6) is -2.70. The Morgan fingerprint density at radius 3 is 2.33 bits per heavy atom. The number of carboxylic acids is 1. The molecule has 0 saturated heterocycles. The number of hydrogen-bond donors (Lipinski definition) is 2. The Balaban J connectivity index is 2.36. The first kappa shape index (κ1) is 15.3. The van der Waals surface area contributed by atoms with E-state index in [-0.39, 0.29) is 26.9 Å². The minimum atomic E-state index is -1.27. The standard InChI is InChI=1S/C14H8Cl2FNO3/c15-9-6-10(16)12(5-8(9)14(20)21)18-13(19)7-3-1-2-4-11(7)17/h1-6H,(H,18,19)(H,20,21). The predicted molar refractivity (Wildman–Crippen MR) is 77.8 cm³/mol. The molecule has 0 spiro atoms. The first-order valence-corrected chi connectivity index (χ1v) is 6.44. The predicted octanol–water partition coefficient (Wildman–Crippen LogP) is 4.08. The molecule has 0 radical (unpaired) electrons. The van der Waals surface area contributed by atoms with E-state index in [4.69, 9.17) is 28.3 Å². The second kappa shape index (κ2) is 6.11. The van der Waals surface area contributed by atoms with Gasteiger partial charge in [-0.05, 0) is 24.3 Å². The fraction of sp³-hybridized carbons (Fsp3) is 0. The van der Waals surface area contributed by atoms with Crippen molar-refractivity contribution >= 4 is 40.8 Å². The minimum absolute atomic E-state index is 0.0340. The molecule has 108 valence electrons. The molecular formula is C14H8Cl2FNO3. The van der Waals surface area contributed by atoms with Crippen LogP contribution >= 0.6 is 23.2 Å². The second-order valence-electron chi connectivity index (χ2n) is 4.05. The molecule has 0 aromatic heterocycles. The Morgan fingerprint density at radius 2 is 1.71 bits per heavy atom. The number of hydrogen-bond acceptors (Lipinski definition) is 2. The summed E-state index contributed by atoms with van der Waals surface area (Å²) in [5, 5.41) is 11.3. The summed E-state index contributed by atoms with van der Waals surface area (Å²) in [6, 6.07) is 7.71. The van der Waals surface area contributed by atoms with E-state index in [0.717, 1.165) is 12.1 Å². The molecule has 0 heterocycles. The van der Waals surface area contributed by atoms with Crippen LogP contribution in [0.3, 0.4) is 0 Å². The van der Waals surface area contributed by atoms with Crippen LogP contribution in [-0.2, 0) is 0 Å². The van der Waals surface area contributed by atoms with Crippen LogP contribution in [0.25, 0.3) is 0 Å². The summed E-state index contributed by atoms with van der Waals surface area (Å²) in [5.41, 5.74) is -0.364. The van der Waals surface area contributed by atoms with Crippen LogP contribution in [0.5, 0.6) is 0 Å². The zero-order chi connectivity index (χ0) is 15.6. The highest BCUT2D eigenvalue weighted by Crippen LogP contribution is 2.29. The minimum Gasteiger partial charge on any atom is -0.478 e. The first-order chi connectivity index (χ1) is 9.90. The molecule has 2 aromatic carbocycles. The van der Waals surface area contributed by atoms with E-state index in [1.54, 1.807) is 0 Å². The van der Waals surface area contributed by atoms with Crippen LogP contribution < -0.4 is 5.32 Å². The van der Waals surface area contributed by atoms with Gasteiger partial charge in [0.1, 0.15) is 5.82 Å². The van der Waals surface area contributed by atoms with E-state index in [1.807, 2.05) is 0 Å². The van der Waals surface area contributed by atoms with Crippen LogP contribution in [0, 0.1) is 5.82 Å². The number of halogens is 3. The number of benzene rings is 2. The lowest BCUT2D eigenvalue weighted by Gasteiger charge is -2.10. The summed E-state index contributed by atoms with van der Waals surface area (Å²) in [4.78, 5) is 23.0. The van der Waals surface area contributed by atoms with Crippen LogP contribution in [0.2, 0.25) is 10.0 Å². The normalized spacial score (nSPS) is 10.2. The largest absolute Gasteiger partial charge is 0.478 e. The third-order valence-electron chi connectivity index (χ3n) is 2.65. The summed E-state index contributed by atoms with van der Waals surface area (Å²) in [7, 11) is 0. The van der Waals surface area contributed by atoms with Gasteiger partial charge >= 0.3 is 5.97 Å². The van der Waals surface area contributed by atoms with Crippen LogP contribution in [-0.4, -0.2) is 17.0 Å². The van der Waals surface area contributed by atoms with Crippen molar-refractivity contribution in [3.63, 3.8) is 0 Å². The molecule has 2 rings (SSSR count). The summed E-state index contributed by atoms with van der Waals surface area (Å²) in [6.07, 6.45) is 0. The Hall–Kier alpha value is -2.11. The van der Waals surface area contributed by atoms with Gasteiger partial charge in [0.15, 0.2) is 0 Å². The number of carbonyl (C=O) groups is 2. The number of anilines is 1. The van der Waals surface area contributed by atoms with Gasteiger partial charge in [-0.2, -0.15) is 0 Å². The molecule has 0 atom stereocenters. The molecule has 0 fully saturated rings. The first-order valence-electron chi connectivity index (χ1n) is 5.68. The number of carbonyl (C=O) groups excluding carboxylic acids is 1. The van der Waals surface area contributed by atoms with Gasteiger partial charge < -0.3 is 10.4 Å². The van der Waals surface area contributed by atoms with Gasteiger partial charge in [-0.1, -0.05) is 35.3 Å². The van der Waals surface area contributed by atoms with E-state index in [0.29, 0.717) is 0 Å². The zero-order valence-corrected chi connectivity index (χ0v) is 11.9. The highest BCUT2D eigenvalue weighted by atomic mass is 35.5. The van der Waals surface area contributed by atoms with Crippen molar-refractivity contribution in [1.29, 1.82) is 0 Å². The van der Waals surface area contributed by atoms with E-state index >= 15 is 0 Å². The maximum atomic E-state index is 13.5. The number of nitrogens with one attached hydrogen (secondary N) is 1. The highest BCUT2D eigenvalue weighted by Gasteiger charge is 2.16. The maximum Gasteiger partial charge on any atom is 0.337 e. The molecule has 0 bridgehead atoms. The number of carboxylic acid groups (broad SMARTS) is 1. The lowest BCUT2D eigenvalue weighted by molar-refractivity contribution is 0.0696. The van der Waals surface area contributed by atoms with E-state index < -0.39 is 17.7 Å².